The summed E-state index contributed by atoms with van der Waals surface area (Å²) in [6.45, 7) is 5.10. The standard InChI is InChI=1S/C32H30ClN3O5S2/c1-3-16-40-24-14-10-21(11-15-24)28(37)26-27(22-6-5-7-25(18-22)41-17-4-2)36(30(39)29(26)38)31-34-35-32(43-31)42-19-20-8-12-23(33)13-9-20/h5-15,18,27,37H,3-4,16-17,19H2,1-2H3/b28-26+. The molecule has 222 valence electrons. The first kappa shape index (κ1) is 30.6. The SMILES string of the molecule is CCCOc1ccc(/C(O)=C2\C(=O)C(=O)N(c3nnc(SCc4ccc(Cl)cc4)s3)C2c2cccc(OCCC)c2)cc1. The van der Waals surface area contributed by atoms with Gasteiger partial charge in [0.05, 0.1) is 24.8 Å². The van der Waals surface area contributed by atoms with Crippen LogP contribution in [0.4, 0.5) is 5.13 Å². The van der Waals surface area contributed by atoms with E-state index in [0.29, 0.717) is 51.0 Å². The van der Waals surface area contributed by atoms with Crippen molar-refractivity contribution in [2.45, 2.75) is 42.8 Å². The molecule has 1 saturated heterocycles. The van der Waals surface area contributed by atoms with E-state index >= 15 is 0 Å². The van der Waals surface area contributed by atoms with Crippen molar-refractivity contribution < 1.29 is 24.2 Å². The van der Waals surface area contributed by atoms with E-state index in [1.165, 1.54) is 28.0 Å². The van der Waals surface area contributed by atoms with Gasteiger partial charge in [0.2, 0.25) is 5.13 Å². The third kappa shape index (κ3) is 7.04. The van der Waals surface area contributed by atoms with Gasteiger partial charge in [0.1, 0.15) is 17.3 Å². The topological polar surface area (TPSA) is 102 Å². The lowest BCUT2D eigenvalue weighted by Crippen LogP contribution is -2.29. The van der Waals surface area contributed by atoms with Crippen molar-refractivity contribution in [1.82, 2.24) is 10.2 Å². The minimum atomic E-state index is -0.941. The van der Waals surface area contributed by atoms with Crippen molar-refractivity contribution in [3.63, 3.8) is 0 Å². The molecule has 1 fully saturated rings. The first-order chi connectivity index (χ1) is 20.9. The fourth-order valence-electron chi connectivity index (χ4n) is 4.51. The average molecular weight is 636 g/mol. The zero-order chi connectivity index (χ0) is 30.3. The Morgan fingerprint density at radius 3 is 2.35 bits per heavy atom. The molecule has 0 spiro atoms. The van der Waals surface area contributed by atoms with Crippen LogP contribution in [0.5, 0.6) is 11.5 Å². The highest BCUT2D eigenvalue weighted by atomic mass is 35.5. The summed E-state index contributed by atoms with van der Waals surface area (Å²) in [5.41, 5.74) is 2.01. The van der Waals surface area contributed by atoms with Crippen LogP contribution in [0.25, 0.3) is 5.76 Å². The maximum Gasteiger partial charge on any atom is 0.301 e. The zero-order valence-corrected chi connectivity index (χ0v) is 26.0. The van der Waals surface area contributed by atoms with Crippen molar-refractivity contribution in [2.24, 2.45) is 0 Å². The molecule has 3 aromatic carbocycles. The third-order valence-electron chi connectivity index (χ3n) is 6.57. The number of rotatable bonds is 12. The molecule has 4 aromatic rings. The molecule has 1 aliphatic heterocycles. The largest absolute Gasteiger partial charge is 0.507 e. The number of thioether (sulfide) groups is 1. The molecule has 1 atom stereocenters. The van der Waals surface area contributed by atoms with E-state index in [1.807, 2.05) is 44.2 Å². The molecule has 43 heavy (non-hydrogen) atoms. The molecule has 0 bridgehead atoms. The summed E-state index contributed by atoms with van der Waals surface area (Å²) in [5, 5.41) is 21.0. The number of hydrogen-bond acceptors (Lipinski definition) is 9. The second kappa shape index (κ2) is 14.1. The van der Waals surface area contributed by atoms with E-state index in [9.17, 15) is 14.7 Å². The van der Waals surface area contributed by atoms with E-state index < -0.39 is 17.7 Å². The molecule has 8 nitrogen and oxygen atoms in total. The van der Waals surface area contributed by atoms with Gasteiger partial charge in [-0.2, -0.15) is 0 Å². The quantitative estimate of drug-likeness (QED) is 0.0556. The third-order valence-corrected chi connectivity index (χ3v) is 8.95. The normalized spacial score (nSPS) is 16.1. The molecule has 1 amide bonds. The van der Waals surface area contributed by atoms with Crippen LogP contribution in [-0.4, -0.2) is 40.2 Å². The Labute approximate surface area is 263 Å². The number of aliphatic hydroxyl groups excluding tert-OH is 1. The number of carbonyl (C=O) groups excluding carboxylic acids is 2. The number of aromatic nitrogens is 2. The van der Waals surface area contributed by atoms with Crippen LogP contribution in [-0.2, 0) is 15.3 Å². The summed E-state index contributed by atoms with van der Waals surface area (Å²) in [7, 11) is 0. The van der Waals surface area contributed by atoms with Gasteiger partial charge in [-0.1, -0.05) is 72.8 Å². The van der Waals surface area contributed by atoms with Gasteiger partial charge >= 0.3 is 5.91 Å². The molecule has 5 rings (SSSR count). The van der Waals surface area contributed by atoms with Crippen LogP contribution in [0.3, 0.4) is 0 Å². The number of anilines is 1. The average Bonchev–Trinajstić information content (AvgIpc) is 3.60. The Morgan fingerprint density at radius 2 is 1.65 bits per heavy atom. The lowest BCUT2D eigenvalue weighted by Gasteiger charge is -2.23. The molecule has 0 radical (unpaired) electrons. The molecule has 1 N–H and O–H groups in total. The molecular weight excluding hydrogens is 606 g/mol. The number of Topliss-reactive ketones (excluding diaryl/α,β-unsaturated/α-hetero) is 1. The van der Waals surface area contributed by atoms with Gasteiger partial charge in [-0.05, 0) is 72.5 Å². The monoisotopic (exact) mass is 635 g/mol. The van der Waals surface area contributed by atoms with Gasteiger partial charge < -0.3 is 14.6 Å². The summed E-state index contributed by atoms with van der Waals surface area (Å²) in [6, 6.07) is 20.6. The highest BCUT2D eigenvalue weighted by Crippen LogP contribution is 2.44. The number of ketones is 1. The summed E-state index contributed by atoms with van der Waals surface area (Å²) in [5.74, 6) is -0.0101. The Balaban J connectivity index is 1.52. The van der Waals surface area contributed by atoms with E-state index in [2.05, 4.69) is 10.2 Å². The van der Waals surface area contributed by atoms with Gasteiger partial charge in [-0.25, -0.2) is 0 Å². The number of halogens is 1. The van der Waals surface area contributed by atoms with Crippen LogP contribution >= 0.6 is 34.7 Å². The Kier molecular flexibility index (Phi) is 10.0. The smallest absolute Gasteiger partial charge is 0.301 e. The molecule has 1 aromatic heterocycles. The molecule has 2 heterocycles. The van der Waals surface area contributed by atoms with Crippen LogP contribution in [0.15, 0.2) is 82.7 Å². The first-order valence-electron chi connectivity index (χ1n) is 13.9. The van der Waals surface area contributed by atoms with Crippen LogP contribution in [0, 0.1) is 0 Å². The number of nitrogens with zero attached hydrogens (tertiary/aromatic N) is 3. The molecular formula is C32H30ClN3O5S2. The summed E-state index contributed by atoms with van der Waals surface area (Å²) in [4.78, 5) is 28.5. The Hall–Kier alpha value is -3.86. The molecule has 11 heteroatoms. The molecule has 1 aliphatic rings. The Morgan fingerprint density at radius 1 is 0.953 bits per heavy atom. The maximum atomic E-state index is 13.6. The van der Waals surface area contributed by atoms with Crippen LogP contribution in [0.2, 0.25) is 5.02 Å². The minimum absolute atomic E-state index is 0.0366. The number of aliphatic hydroxyl groups is 1. The first-order valence-corrected chi connectivity index (χ1v) is 16.0. The predicted octanol–water partition coefficient (Wildman–Crippen LogP) is 7.69. The fourth-order valence-corrected chi connectivity index (χ4v) is 6.46. The lowest BCUT2D eigenvalue weighted by molar-refractivity contribution is -0.132. The van der Waals surface area contributed by atoms with Gasteiger partial charge in [0.15, 0.2) is 4.34 Å². The second-order valence-electron chi connectivity index (χ2n) is 9.73. The van der Waals surface area contributed by atoms with Gasteiger partial charge in [-0.3, -0.25) is 14.5 Å². The summed E-state index contributed by atoms with van der Waals surface area (Å²) in [6.07, 6.45) is 1.68. The van der Waals surface area contributed by atoms with Gasteiger partial charge in [0, 0.05) is 16.3 Å². The summed E-state index contributed by atoms with van der Waals surface area (Å²) < 4.78 is 12.1. The zero-order valence-electron chi connectivity index (χ0n) is 23.7. The second-order valence-corrected chi connectivity index (χ2v) is 12.3. The number of benzene rings is 3. The van der Waals surface area contributed by atoms with Gasteiger partial charge in [-0.15, -0.1) is 10.2 Å². The van der Waals surface area contributed by atoms with E-state index in [-0.39, 0.29) is 16.5 Å². The number of ether oxygens (including phenoxy) is 2. The number of carbonyl (C=O) groups is 2. The van der Waals surface area contributed by atoms with Crippen LogP contribution in [0.1, 0.15) is 49.4 Å². The molecule has 0 aliphatic carbocycles. The van der Waals surface area contributed by atoms with E-state index in [0.717, 1.165) is 18.4 Å². The van der Waals surface area contributed by atoms with Crippen molar-refractivity contribution in [2.75, 3.05) is 18.1 Å². The molecule has 0 saturated carbocycles. The summed E-state index contributed by atoms with van der Waals surface area (Å²) >= 11 is 8.68. The minimum Gasteiger partial charge on any atom is -0.507 e. The van der Waals surface area contributed by atoms with Crippen molar-refractivity contribution in [1.29, 1.82) is 0 Å². The lowest BCUT2D eigenvalue weighted by atomic mass is 9.95. The number of amides is 1. The van der Waals surface area contributed by atoms with Gasteiger partial charge in [0.25, 0.3) is 5.78 Å². The molecule has 1 unspecified atom stereocenters. The van der Waals surface area contributed by atoms with E-state index in [4.69, 9.17) is 21.1 Å². The number of hydrogen-bond donors (Lipinski definition) is 1. The van der Waals surface area contributed by atoms with E-state index in [1.54, 1.807) is 42.5 Å². The fraction of sp³-hybridized carbons (Fsp3) is 0.250. The Bertz CT molecular complexity index is 1620. The van der Waals surface area contributed by atoms with Crippen molar-refractivity contribution in [3.8, 4) is 11.5 Å². The highest BCUT2D eigenvalue weighted by molar-refractivity contribution is 8.00. The maximum absolute atomic E-state index is 13.6. The highest BCUT2D eigenvalue weighted by Gasteiger charge is 2.48. The predicted molar refractivity (Wildman–Crippen MR) is 170 cm³/mol. The van der Waals surface area contributed by atoms with Crippen molar-refractivity contribution >= 4 is 57.3 Å². The van der Waals surface area contributed by atoms with Crippen LogP contribution < -0.4 is 14.4 Å². The van der Waals surface area contributed by atoms with Crippen molar-refractivity contribution in [3.05, 3.63) is 100 Å².